The van der Waals surface area contributed by atoms with Gasteiger partial charge in [-0.1, -0.05) is 0 Å². The van der Waals surface area contributed by atoms with Gasteiger partial charge in [0.05, 0.1) is 32.3 Å². The van der Waals surface area contributed by atoms with E-state index < -0.39 is 34.5 Å². The molecule has 0 bridgehead atoms. The summed E-state index contributed by atoms with van der Waals surface area (Å²) < 4.78 is 45.6. The van der Waals surface area contributed by atoms with Gasteiger partial charge in [-0.15, -0.1) is 0 Å². The van der Waals surface area contributed by atoms with Gasteiger partial charge in [0.15, 0.2) is 5.82 Å². The van der Waals surface area contributed by atoms with Crippen molar-refractivity contribution in [3.05, 3.63) is 62.5 Å². The Morgan fingerprint density at radius 3 is 1.91 bits per heavy atom. The number of aromatic amines is 1. The second-order valence-electron chi connectivity index (χ2n) is 5.59. The molecular formula is C16H14F4N6O6. The number of alkyl halides is 4. The molecule has 1 heterocycles. The van der Waals surface area contributed by atoms with Gasteiger partial charge in [-0.25, -0.2) is 18.6 Å². The van der Waals surface area contributed by atoms with Crippen molar-refractivity contribution < 1.29 is 37.3 Å². The molecule has 3 aromatic rings. The molecule has 12 nitrogen and oxygen atoms in total. The highest BCUT2D eigenvalue weighted by Gasteiger charge is 2.14. The van der Waals surface area contributed by atoms with E-state index in [9.17, 15) is 37.8 Å². The van der Waals surface area contributed by atoms with Crippen LogP contribution >= 0.6 is 0 Å². The summed E-state index contributed by atoms with van der Waals surface area (Å²) in [5.41, 5.74) is 11.6. The summed E-state index contributed by atoms with van der Waals surface area (Å²) in [4.78, 5) is 34.3. The number of anilines is 2. The third-order valence-electron chi connectivity index (χ3n) is 3.37. The van der Waals surface area contributed by atoms with Gasteiger partial charge >= 0.3 is 12.4 Å². The monoisotopic (exact) mass is 462 g/mol. The van der Waals surface area contributed by atoms with Crippen LogP contribution in [0.2, 0.25) is 0 Å². The molecule has 0 aliphatic heterocycles. The maximum Gasteiger partial charge on any atom is 0.371 e. The lowest BCUT2D eigenvalue weighted by Crippen LogP contribution is -2.06. The van der Waals surface area contributed by atoms with Crippen molar-refractivity contribution in [3.63, 3.8) is 0 Å². The lowest BCUT2D eigenvalue weighted by Gasteiger charge is -1.97. The van der Waals surface area contributed by atoms with E-state index >= 15 is 0 Å². The fourth-order valence-corrected chi connectivity index (χ4v) is 1.91. The molecule has 0 atom stereocenters. The van der Waals surface area contributed by atoms with Gasteiger partial charge in [0, 0.05) is 24.3 Å². The van der Waals surface area contributed by atoms with Crippen molar-refractivity contribution in [1.29, 1.82) is 0 Å². The van der Waals surface area contributed by atoms with Gasteiger partial charge in [-0.3, -0.25) is 20.2 Å². The number of halogens is 4. The van der Waals surface area contributed by atoms with Crippen LogP contribution in [-0.2, 0) is 4.79 Å². The van der Waals surface area contributed by atoms with Gasteiger partial charge in [-0.05, 0) is 12.1 Å². The molecule has 16 heteroatoms. The number of carboxylic acid groups (broad SMARTS) is 1. The van der Waals surface area contributed by atoms with Crippen LogP contribution in [0.5, 0.6) is 0 Å². The van der Waals surface area contributed by atoms with Gasteiger partial charge < -0.3 is 21.6 Å². The number of H-pyrrole nitrogens is 1. The number of benzene rings is 2. The molecule has 2 aromatic carbocycles. The van der Waals surface area contributed by atoms with E-state index in [4.69, 9.17) is 21.4 Å². The topological polar surface area (TPSA) is 204 Å². The first-order chi connectivity index (χ1) is 14.8. The summed E-state index contributed by atoms with van der Waals surface area (Å²) in [6.45, 7) is 0. The molecule has 0 saturated heterocycles. The van der Waals surface area contributed by atoms with Gasteiger partial charge in [0.1, 0.15) is 0 Å². The van der Waals surface area contributed by atoms with E-state index in [1.165, 1.54) is 36.4 Å². The Bertz CT molecular complexity index is 1120. The molecule has 0 aliphatic rings. The van der Waals surface area contributed by atoms with Crippen molar-refractivity contribution in [1.82, 2.24) is 9.97 Å². The Morgan fingerprint density at radius 1 is 0.969 bits per heavy atom. The molecular weight excluding hydrogens is 448 g/mol. The summed E-state index contributed by atoms with van der Waals surface area (Å²) in [5.74, 6) is -2.56. The van der Waals surface area contributed by atoms with Crippen LogP contribution in [0.4, 0.5) is 40.3 Å². The van der Waals surface area contributed by atoms with Crippen molar-refractivity contribution in [2.24, 2.45) is 0 Å². The van der Waals surface area contributed by atoms with Crippen LogP contribution in [0, 0.1) is 20.2 Å². The Hall–Kier alpha value is -4.50. The number of aromatic nitrogens is 2. The van der Waals surface area contributed by atoms with Crippen molar-refractivity contribution in [3.8, 4) is 0 Å². The fourth-order valence-electron chi connectivity index (χ4n) is 1.91. The predicted octanol–water partition coefficient (Wildman–Crippen LogP) is 3.50. The lowest BCUT2D eigenvalue weighted by atomic mass is 10.2. The SMILES string of the molecule is Nc1ccc([N+](=O)[O-])cc1N.O=C(O)C(F)F.O=[N+]([O-])c1ccc2nc(C(F)F)[nH]c2c1. The van der Waals surface area contributed by atoms with E-state index in [2.05, 4.69) is 9.97 Å². The van der Waals surface area contributed by atoms with Crippen LogP contribution in [0.15, 0.2) is 36.4 Å². The number of aliphatic carboxylic acids is 1. The molecule has 0 aliphatic carbocycles. The highest BCUT2D eigenvalue weighted by Crippen LogP contribution is 2.23. The van der Waals surface area contributed by atoms with E-state index in [1.807, 2.05) is 0 Å². The number of imidazole rings is 1. The quantitative estimate of drug-likeness (QED) is 0.193. The van der Waals surface area contributed by atoms with E-state index in [-0.39, 0.29) is 28.1 Å². The molecule has 172 valence electrons. The first-order valence-corrected chi connectivity index (χ1v) is 8.06. The van der Waals surface area contributed by atoms with Crippen molar-refractivity contribution >= 4 is 39.8 Å². The number of hydrogen-bond donors (Lipinski definition) is 4. The molecule has 0 spiro atoms. The maximum absolute atomic E-state index is 12.2. The minimum absolute atomic E-state index is 0.0447. The summed E-state index contributed by atoms with van der Waals surface area (Å²) in [6, 6.07) is 7.68. The number of nitro groups is 2. The summed E-state index contributed by atoms with van der Waals surface area (Å²) in [5, 5.41) is 27.8. The van der Waals surface area contributed by atoms with Crippen molar-refractivity contribution in [2.45, 2.75) is 12.9 Å². The largest absolute Gasteiger partial charge is 0.477 e. The second-order valence-corrected chi connectivity index (χ2v) is 5.59. The first-order valence-electron chi connectivity index (χ1n) is 8.06. The third-order valence-corrected chi connectivity index (χ3v) is 3.37. The number of carbonyl (C=O) groups is 1. The van der Waals surface area contributed by atoms with Crippen LogP contribution in [0.25, 0.3) is 11.0 Å². The molecule has 6 N–H and O–H groups in total. The first kappa shape index (κ1) is 25.5. The van der Waals surface area contributed by atoms with Crippen LogP contribution in [-0.4, -0.2) is 37.3 Å². The minimum Gasteiger partial charge on any atom is -0.477 e. The van der Waals surface area contributed by atoms with Crippen LogP contribution in [0.3, 0.4) is 0 Å². The van der Waals surface area contributed by atoms with Gasteiger partial charge in [0.25, 0.3) is 17.8 Å². The summed E-state index contributed by atoms with van der Waals surface area (Å²) >= 11 is 0. The molecule has 0 fully saturated rings. The average molecular weight is 462 g/mol. The standard InChI is InChI=1S/C8H5F2N3O2.C6H7N3O2.C2H2F2O2/c9-7(10)8-11-5-2-1-4(13(14)15)3-6(5)12-8;7-5-2-1-4(9(10)11)3-6(5)8;3-1(4)2(5)6/h1-3,7H,(H,11,12);1-3H,7-8H2;1H,(H,5,6). The molecule has 0 amide bonds. The molecule has 0 saturated carbocycles. The zero-order valence-electron chi connectivity index (χ0n) is 15.6. The van der Waals surface area contributed by atoms with Crippen LogP contribution < -0.4 is 11.5 Å². The summed E-state index contributed by atoms with van der Waals surface area (Å²) in [6.07, 6.45) is -5.94. The number of carboxylic acids is 1. The summed E-state index contributed by atoms with van der Waals surface area (Å²) in [7, 11) is 0. The highest BCUT2D eigenvalue weighted by atomic mass is 19.3. The zero-order valence-corrected chi connectivity index (χ0v) is 15.6. The number of nitrogens with one attached hydrogen (secondary N) is 1. The normalized spacial score (nSPS) is 10.2. The number of fused-ring (bicyclic) bond motifs is 1. The van der Waals surface area contributed by atoms with Gasteiger partial charge in [-0.2, -0.15) is 8.78 Å². The number of nitrogens with two attached hydrogens (primary N) is 2. The maximum atomic E-state index is 12.2. The number of nitrogens with zero attached hydrogens (tertiary/aromatic N) is 3. The molecule has 0 unspecified atom stereocenters. The Balaban J connectivity index is 0.000000265. The number of nitrogen functional groups attached to an aromatic ring is 2. The number of non-ortho nitro benzene ring substituents is 2. The van der Waals surface area contributed by atoms with E-state index in [1.54, 1.807) is 0 Å². The second kappa shape index (κ2) is 11.0. The molecule has 32 heavy (non-hydrogen) atoms. The molecule has 3 rings (SSSR count). The number of rotatable bonds is 4. The van der Waals surface area contributed by atoms with Crippen LogP contribution in [0.1, 0.15) is 12.2 Å². The van der Waals surface area contributed by atoms with Crippen molar-refractivity contribution in [2.75, 3.05) is 11.5 Å². The number of nitro benzene ring substituents is 2. The third kappa shape index (κ3) is 7.39. The lowest BCUT2D eigenvalue weighted by molar-refractivity contribution is -0.384. The Morgan fingerprint density at radius 2 is 1.47 bits per heavy atom. The average Bonchev–Trinajstić information content (AvgIpc) is 3.14. The molecule has 0 radical (unpaired) electrons. The van der Waals surface area contributed by atoms with Gasteiger partial charge in [0.2, 0.25) is 0 Å². The Labute approximate surface area is 174 Å². The van der Waals surface area contributed by atoms with E-state index in [0.717, 1.165) is 0 Å². The van der Waals surface area contributed by atoms with E-state index in [0.29, 0.717) is 5.69 Å². The minimum atomic E-state index is -3.23. The smallest absolute Gasteiger partial charge is 0.371 e. The number of hydrogen-bond acceptors (Lipinski definition) is 8. The fraction of sp³-hybridized carbons (Fsp3) is 0.125. The Kier molecular flexibility index (Phi) is 8.81. The molecule has 1 aromatic heterocycles. The highest BCUT2D eigenvalue weighted by molar-refractivity contribution is 5.77. The zero-order chi connectivity index (χ0) is 24.6. The predicted molar refractivity (Wildman–Crippen MR) is 103 cm³/mol.